The Morgan fingerprint density at radius 3 is 2.32 bits per heavy atom. The molecule has 25 heavy (non-hydrogen) atoms. The number of amides is 1. The van der Waals surface area contributed by atoms with Gasteiger partial charge in [-0.3, -0.25) is 0 Å². The molecular formula is C20H21ClN2O2. The van der Waals surface area contributed by atoms with Crippen molar-refractivity contribution in [3.05, 3.63) is 60.7 Å². The molecule has 3 aromatic rings. The maximum Gasteiger partial charge on any atom is 0.415 e. The molecule has 0 saturated heterocycles. The molecule has 130 valence electrons. The number of nitrogens with zero attached hydrogens (tertiary/aromatic N) is 2. The minimum Gasteiger partial charge on any atom is -0.409 e. The maximum atomic E-state index is 12.3. The Kier molecular flexibility index (Phi) is 6.37. The van der Waals surface area contributed by atoms with Crippen molar-refractivity contribution in [3.63, 3.8) is 0 Å². The maximum absolute atomic E-state index is 12.3. The molecule has 0 atom stereocenters. The first kappa shape index (κ1) is 18.7. The van der Waals surface area contributed by atoms with Gasteiger partial charge >= 0.3 is 6.09 Å². The molecule has 4 nitrogen and oxygen atoms in total. The molecule has 0 saturated carbocycles. The van der Waals surface area contributed by atoms with E-state index in [9.17, 15) is 4.79 Å². The van der Waals surface area contributed by atoms with Gasteiger partial charge in [0.1, 0.15) is 5.75 Å². The monoisotopic (exact) mass is 356 g/mol. The third-order valence-electron chi connectivity index (χ3n) is 3.97. The highest BCUT2D eigenvalue weighted by molar-refractivity contribution is 5.90. The SMILES string of the molecule is CCN(CC)C(=O)Oc1cc(-c2ccccc2)nc2ccccc12.Cl. The van der Waals surface area contributed by atoms with Gasteiger partial charge in [0.15, 0.2) is 0 Å². The first-order chi connectivity index (χ1) is 11.7. The summed E-state index contributed by atoms with van der Waals surface area (Å²) in [6.45, 7) is 5.10. The molecule has 0 unspecified atom stereocenters. The number of pyridine rings is 1. The van der Waals surface area contributed by atoms with Crippen molar-refractivity contribution in [2.75, 3.05) is 13.1 Å². The van der Waals surface area contributed by atoms with Crippen LogP contribution in [0.4, 0.5) is 4.79 Å². The summed E-state index contributed by atoms with van der Waals surface area (Å²) in [5, 5.41) is 0.831. The Hall–Kier alpha value is -2.59. The molecule has 0 fully saturated rings. The summed E-state index contributed by atoms with van der Waals surface area (Å²) < 4.78 is 5.68. The number of carbonyl (C=O) groups is 1. The average molecular weight is 357 g/mol. The van der Waals surface area contributed by atoms with Crippen molar-refractivity contribution in [1.29, 1.82) is 0 Å². The topological polar surface area (TPSA) is 42.4 Å². The van der Waals surface area contributed by atoms with E-state index < -0.39 is 0 Å². The van der Waals surface area contributed by atoms with Crippen LogP contribution in [0.15, 0.2) is 60.7 Å². The zero-order chi connectivity index (χ0) is 16.9. The van der Waals surface area contributed by atoms with Gasteiger partial charge in [-0.15, -0.1) is 12.4 Å². The number of ether oxygens (including phenoxy) is 1. The van der Waals surface area contributed by atoms with Crippen molar-refractivity contribution in [2.45, 2.75) is 13.8 Å². The van der Waals surface area contributed by atoms with Crippen molar-refractivity contribution in [3.8, 4) is 17.0 Å². The average Bonchev–Trinajstić information content (AvgIpc) is 2.63. The van der Waals surface area contributed by atoms with E-state index in [0.717, 1.165) is 22.2 Å². The van der Waals surface area contributed by atoms with E-state index in [-0.39, 0.29) is 18.5 Å². The predicted molar refractivity (Wildman–Crippen MR) is 103 cm³/mol. The van der Waals surface area contributed by atoms with E-state index in [2.05, 4.69) is 0 Å². The van der Waals surface area contributed by atoms with Crippen LogP contribution in [-0.2, 0) is 0 Å². The molecular weight excluding hydrogens is 336 g/mol. The summed E-state index contributed by atoms with van der Waals surface area (Å²) in [4.78, 5) is 18.7. The van der Waals surface area contributed by atoms with Crippen LogP contribution in [0, 0.1) is 0 Å². The molecule has 0 spiro atoms. The highest BCUT2D eigenvalue weighted by Crippen LogP contribution is 2.30. The van der Waals surface area contributed by atoms with E-state index in [0.29, 0.717) is 18.8 Å². The number of rotatable bonds is 4. The van der Waals surface area contributed by atoms with Gasteiger partial charge < -0.3 is 9.64 Å². The summed E-state index contributed by atoms with van der Waals surface area (Å²) >= 11 is 0. The molecule has 0 aliphatic heterocycles. The molecule has 1 aromatic heterocycles. The molecule has 2 aromatic carbocycles. The van der Waals surface area contributed by atoms with E-state index in [1.54, 1.807) is 4.90 Å². The Morgan fingerprint density at radius 2 is 1.64 bits per heavy atom. The molecule has 0 N–H and O–H groups in total. The molecule has 0 bridgehead atoms. The highest BCUT2D eigenvalue weighted by Gasteiger charge is 2.15. The number of hydrogen-bond donors (Lipinski definition) is 0. The second-order valence-electron chi connectivity index (χ2n) is 5.43. The lowest BCUT2D eigenvalue weighted by molar-refractivity contribution is 0.158. The normalized spacial score (nSPS) is 10.2. The van der Waals surface area contributed by atoms with E-state index in [1.165, 1.54) is 0 Å². The van der Waals surface area contributed by atoms with Crippen molar-refractivity contribution in [1.82, 2.24) is 9.88 Å². The molecule has 1 amide bonds. The van der Waals surface area contributed by atoms with Crippen LogP contribution in [0.3, 0.4) is 0 Å². The molecule has 1 heterocycles. The molecule has 0 aliphatic carbocycles. The Labute approximate surface area is 153 Å². The number of para-hydroxylation sites is 1. The van der Waals surface area contributed by atoms with Crippen LogP contribution in [0.5, 0.6) is 5.75 Å². The fourth-order valence-corrected chi connectivity index (χ4v) is 2.63. The first-order valence-electron chi connectivity index (χ1n) is 8.15. The highest BCUT2D eigenvalue weighted by atomic mass is 35.5. The number of benzene rings is 2. The first-order valence-corrected chi connectivity index (χ1v) is 8.15. The van der Waals surface area contributed by atoms with Gasteiger partial charge in [0.2, 0.25) is 0 Å². The Morgan fingerprint density at radius 1 is 1.00 bits per heavy atom. The Balaban J connectivity index is 0.00000225. The lowest BCUT2D eigenvalue weighted by Gasteiger charge is -2.19. The smallest absolute Gasteiger partial charge is 0.409 e. The number of fused-ring (bicyclic) bond motifs is 1. The third-order valence-corrected chi connectivity index (χ3v) is 3.97. The summed E-state index contributed by atoms with van der Waals surface area (Å²) in [6, 6.07) is 19.4. The summed E-state index contributed by atoms with van der Waals surface area (Å²) in [5.74, 6) is 0.538. The van der Waals surface area contributed by atoms with Gasteiger partial charge in [-0.2, -0.15) is 0 Å². The zero-order valence-corrected chi connectivity index (χ0v) is 15.1. The van der Waals surface area contributed by atoms with Crippen molar-refractivity contribution < 1.29 is 9.53 Å². The van der Waals surface area contributed by atoms with Gasteiger partial charge in [0.05, 0.1) is 11.2 Å². The summed E-state index contributed by atoms with van der Waals surface area (Å²) in [7, 11) is 0. The molecule has 5 heteroatoms. The second-order valence-corrected chi connectivity index (χ2v) is 5.43. The predicted octanol–water partition coefficient (Wildman–Crippen LogP) is 5.16. The van der Waals surface area contributed by atoms with Gasteiger partial charge in [0.25, 0.3) is 0 Å². The van der Waals surface area contributed by atoms with E-state index >= 15 is 0 Å². The minimum absolute atomic E-state index is 0. The fourth-order valence-electron chi connectivity index (χ4n) is 2.63. The lowest BCUT2D eigenvalue weighted by atomic mass is 10.1. The Bertz CT molecular complexity index is 849. The van der Waals surface area contributed by atoms with E-state index in [4.69, 9.17) is 9.72 Å². The van der Waals surface area contributed by atoms with Crippen LogP contribution in [0.25, 0.3) is 22.2 Å². The second kappa shape index (κ2) is 8.49. The van der Waals surface area contributed by atoms with Crippen LogP contribution in [0.2, 0.25) is 0 Å². The molecule has 3 rings (SSSR count). The number of aromatic nitrogens is 1. The molecule has 0 radical (unpaired) electrons. The van der Waals surface area contributed by atoms with Crippen LogP contribution in [0.1, 0.15) is 13.8 Å². The van der Waals surface area contributed by atoms with Crippen molar-refractivity contribution >= 4 is 29.4 Å². The number of carbonyl (C=O) groups excluding carboxylic acids is 1. The van der Waals surface area contributed by atoms with Crippen LogP contribution in [-0.4, -0.2) is 29.1 Å². The van der Waals surface area contributed by atoms with Gasteiger partial charge in [-0.1, -0.05) is 42.5 Å². The number of halogens is 1. The van der Waals surface area contributed by atoms with Gasteiger partial charge in [-0.25, -0.2) is 9.78 Å². The third kappa shape index (κ3) is 4.09. The summed E-state index contributed by atoms with van der Waals surface area (Å²) in [5.41, 5.74) is 2.58. The van der Waals surface area contributed by atoms with Crippen LogP contribution >= 0.6 is 12.4 Å². The minimum atomic E-state index is -0.338. The quantitative estimate of drug-likeness (QED) is 0.648. The largest absolute Gasteiger partial charge is 0.415 e. The lowest BCUT2D eigenvalue weighted by Crippen LogP contribution is -2.33. The van der Waals surface area contributed by atoms with Gasteiger partial charge in [-0.05, 0) is 26.0 Å². The van der Waals surface area contributed by atoms with Crippen LogP contribution < -0.4 is 4.74 Å². The van der Waals surface area contributed by atoms with Gasteiger partial charge in [0, 0.05) is 30.1 Å². The zero-order valence-electron chi connectivity index (χ0n) is 14.3. The van der Waals surface area contributed by atoms with E-state index in [1.807, 2.05) is 74.5 Å². The molecule has 0 aliphatic rings. The fraction of sp³-hybridized carbons (Fsp3) is 0.200. The summed E-state index contributed by atoms with van der Waals surface area (Å²) in [6.07, 6.45) is -0.338. The van der Waals surface area contributed by atoms with Crippen molar-refractivity contribution in [2.24, 2.45) is 0 Å². The standard InChI is InChI=1S/C20H20N2O2.ClH/c1-3-22(4-2)20(23)24-19-14-18(15-10-6-5-7-11-15)21-17-13-9-8-12-16(17)19;/h5-14H,3-4H2,1-2H3;1H. The number of hydrogen-bond acceptors (Lipinski definition) is 3.